The fourth-order valence-electron chi connectivity index (χ4n) is 2.31. The summed E-state index contributed by atoms with van der Waals surface area (Å²) in [4.78, 5) is 13.9. The molecular weight excluding hydrogens is 335 g/mol. The maximum atomic E-state index is 13.7. The molecule has 0 spiro atoms. The first-order valence-electron chi connectivity index (χ1n) is 6.00. The number of nitrogens with one attached hydrogen (secondary N) is 1. The highest BCUT2D eigenvalue weighted by atomic mass is 79.9. The van der Waals surface area contributed by atoms with E-state index < -0.39 is 5.82 Å². The van der Waals surface area contributed by atoms with E-state index in [4.69, 9.17) is 0 Å². The molecule has 1 saturated heterocycles. The van der Waals surface area contributed by atoms with E-state index in [1.807, 2.05) is 7.05 Å². The van der Waals surface area contributed by atoms with Crippen molar-refractivity contribution in [3.05, 3.63) is 34.1 Å². The first-order valence-corrected chi connectivity index (χ1v) is 6.80. The number of hydrogen-bond acceptors (Lipinski definition) is 2. The van der Waals surface area contributed by atoms with Crippen molar-refractivity contribution >= 4 is 34.2 Å². The highest BCUT2D eigenvalue weighted by molar-refractivity contribution is 9.10. The Bertz CT molecular complexity index is 458. The summed E-state index contributed by atoms with van der Waals surface area (Å²) in [5.74, 6) is -0.206. The lowest BCUT2D eigenvalue weighted by molar-refractivity contribution is 0.0782. The molecule has 1 heterocycles. The molecular formula is C13H17BrClFN2O. The quantitative estimate of drug-likeness (QED) is 0.908. The monoisotopic (exact) mass is 350 g/mol. The number of amides is 1. The number of nitrogens with zero attached hydrogens (tertiary/aromatic N) is 1. The van der Waals surface area contributed by atoms with Crippen molar-refractivity contribution in [3.8, 4) is 0 Å². The van der Waals surface area contributed by atoms with Crippen molar-refractivity contribution < 1.29 is 9.18 Å². The molecule has 0 aliphatic carbocycles. The van der Waals surface area contributed by atoms with Crippen molar-refractivity contribution in [1.29, 1.82) is 0 Å². The summed E-state index contributed by atoms with van der Waals surface area (Å²) in [7, 11) is 1.90. The molecule has 0 saturated carbocycles. The van der Waals surface area contributed by atoms with Gasteiger partial charge in [-0.05, 0) is 44.1 Å². The minimum atomic E-state index is -0.466. The molecule has 3 nitrogen and oxygen atoms in total. The average molecular weight is 352 g/mol. The standard InChI is InChI=1S/C13H16BrFN2O.ClH/c1-16-7-9-4-5-17(8-9)13(18)11-3-2-10(14)6-12(11)15;/h2-3,6,9,16H,4-5,7-8H2,1H3;1H. The van der Waals surface area contributed by atoms with Crippen LogP contribution in [0.4, 0.5) is 4.39 Å². The van der Waals surface area contributed by atoms with E-state index in [2.05, 4.69) is 21.2 Å². The van der Waals surface area contributed by atoms with Gasteiger partial charge in [-0.3, -0.25) is 4.79 Å². The Morgan fingerprint density at radius 2 is 2.32 bits per heavy atom. The summed E-state index contributed by atoms with van der Waals surface area (Å²) >= 11 is 3.19. The first-order chi connectivity index (χ1) is 8.61. The lowest BCUT2D eigenvalue weighted by Crippen LogP contribution is -2.30. The van der Waals surface area contributed by atoms with Crippen LogP contribution in [0.2, 0.25) is 0 Å². The van der Waals surface area contributed by atoms with Gasteiger partial charge in [0.15, 0.2) is 0 Å². The Morgan fingerprint density at radius 1 is 1.58 bits per heavy atom. The van der Waals surface area contributed by atoms with Gasteiger partial charge in [0.2, 0.25) is 0 Å². The third-order valence-electron chi connectivity index (χ3n) is 3.23. The number of carbonyl (C=O) groups excluding carboxylic acids is 1. The van der Waals surface area contributed by atoms with Crippen LogP contribution in [-0.2, 0) is 0 Å². The molecule has 0 bridgehead atoms. The summed E-state index contributed by atoms with van der Waals surface area (Å²) in [5.41, 5.74) is 0.156. The number of halogens is 3. The molecule has 0 radical (unpaired) electrons. The van der Waals surface area contributed by atoms with Crippen LogP contribution in [-0.4, -0.2) is 37.5 Å². The lowest BCUT2D eigenvalue weighted by Gasteiger charge is -2.17. The van der Waals surface area contributed by atoms with Crippen molar-refractivity contribution in [1.82, 2.24) is 10.2 Å². The van der Waals surface area contributed by atoms with Crippen molar-refractivity contribution in [2.45, 2.75) is 6.42 Å². The van der Waals surface area contributed by atoms with Crippen molar-refractivity contribution in [2.24, 2.45) is 5.92 Å². The molecule has 0 aromatic heterocycles. The molecule has 1 amide bonds. The van der Waals surface area contributed by atoms with Crippen LogP contribution < -0.4 is 5.32 Å². The van der Waals surface area contributed by atoms with Crippen LogP contribution >= 0.6 is 28.3 Å². The number of likely N-dealkylation sites (tertiary alicyclic amines) is 1. The second-order valence-corrected chi connectivity index (χ2v) is 5.50. The predicted octanol–water partition coefficient (Wildman–Crippen LogP) is 2.69. The zero-order chi connectivity index (χ0) is 13.1. The molecule has 1 atom stereocenters. The zero-order valence-electron chi connectivity index (χ0n) is 10.7. The smallest absolute Gasteiger partial charge is 0.256 e. The van der Waals surface area contributed by atoms with E-state index in [9.17, 15) is 9.18 Å². The first kappa shape index (κ1) is 16.4. The Hall–Kier alpha value is -0.650. The van der Waals surface area contributed by atoms with Gasteiger partial charge in [-0.1, -0.05) is 15.9 Å². The number of hydrogen-bond donors (Lipinski definition) is 1. The van der Waals surface area contributed by atoms with Gasteiger partial charge in [0.25, 0.3) is 5.91 Å². The summed E-state index contributed by atoms with van der Waals surface area (Å²) in [6.45, 7) is 2.31. The van der Waals surface area contributed by atoms with E-state index >= 15 is 0 Å². The Balaban J connectivity index is 0.00000180. The highest BCUT2D eigenvalue weighted by Crippen LogP contribution is 2.21. The molecule has 19 heavy (non-hydrogen) atoms. The fourth-order valence-corrected chi connectivity index (χ4v) is 2.64. The maximum absolute atomic E-state index is 13.7. The molecule has 1 aliphatic rings. The Kier molecular flexibility index (Phi) is 6.23. The fraction of sp³-hybridized carbons (Fsp3) is 0.462. The van der Waals surface area contributed by atoms with E-state index in [-0.39, 0.29) is 23.9 Å². The molecule has 1 fully saturated rings. The summed E-state index contributed by atoms with van der Waals surface area (Å²) in [5, 5.41) is 3.11. The maximum Gasteiger partial charge on any atom is 0.256 e. The molecule has 1 aromatic rings. The van der Waals surface area contributed by atoms with E-state index in [1.165, 1.54) is 12.1 Å². The normalized spacial score (nSPS) is 18.3. The van der Waals surface area contributed by atoms with E-state index in [0.717, 1.165) is 13.0 Å². The molecule has 1 aliphatic heterocycles. The van der Waals surface area contributed by atoms with Crippen LogP contribution in [0.3, 0.4) is 0 Å². The minimum absolute atomic E-state index is 0. The van der Waals surface area contributed by atoms with Gasteiger partial charge in [0, 0.05) is 17.6 Å². The van der Waals surface area contributed by atoms with Gasteiger partial charge >= 0.3 is 0 Å². The molecule has 2 rings (SSSR count). The number of rotatable bonds is 3. The largest absolute Gasteiger partial charge is 0.338 e. The van der Waals surface area contributed by atoms with Crippen LogP contribution in [0.15, 0.2) is 22.7 Å². The molecule has 1 aromatic carbocycles. The van der Waals surface area contributed by atoms with Crippen LogP contribution in [0, 0.1) is 11.7 Å². The molecule has 1 unspecified atom stereocenters. The minimum Gasteiger partial charge on any atom is -0.338 e. The van der Waals surface area contributed by atoms with E-state index in [1.54, 1.807) is 11.0 Å². The van der Waals surface area contributed by atoms with Crippen LogP contribution in [0.5, 0.6) is 0 Å². The summed E-state index contributed by atoms with van der Waals surface area (Å²) in [6, 6.07) is 4.55. The molecule has 6 heteroatoms. The van der Waals surface area contributed by atoms with E-state index in [0.29, 0.717) is 23.5 Å². The van der Waals surface area contributed by atoms with Gasteiger partial charge < -0.3 is 10.2 Å². The number of carbonyl (C=O) groups is 1. The van der Waals surface area contributed by atoms with Gasteiger partial charge in [0.1, 0.15) is 5.82 Å². The topological polar surface area (TPSA) is 32.3 Å². The number of benzene rings is 1. The van der Waals surface area contributed by atoms with Gasteiger partial charge in [-0.2, -0.15) is 0 Å². The SMILES string of the molecule is CNCC1CCN(C(=O)c2ccc(Br)cc2F)C1.Cl. The average Bonchev–Trinajstić information content (AvgIpc) is 2.77. The van der Waals surface area contributed by atoms with Crippen molar-refractivity contribution in [2.75, 3.05) is 26.7 Å². The lowest BCUT2D eigenvalue weighted by atomic mass is 10.1. The van der Waals surface area contributed by atoms with Crippen LogP contribution in [0.1, 0.15) is 16.8 Å². The van der Waals surface area contributed by atoms with Crippen molar-refractivity contribution in [3.63, 3.8) is 0 Å². The second-order valence-electron chi connectivity index (χ2n) is 4.59. The van der Waals surface area contributed by atoms with Crippen LogP contribution in [0.25, 0.3) is 0 Å². The van der Waals surface area contributed by atoms with Gasteiger partial charge in [-0.25, -0.2) is 4.39 Å². The third kappa shape index (κ3) is 3.91. The van der Waals surface area contributed by atoms with Gasteiger partial charge in [0.05, 0.1) is 5.56 Å². The Morgan fingerprint density at radius 3 is 2.95 bits per heavy atom. The summed E-state index contributed by atoms with van der Waals surface area (Å²) < 4.78 is 14.4. The third-order valence-corrected chi connectivity index (χ3v) is 3.72. The Labute approximate surface area is 127 Å². The summed E-state index contributed by atoms with van der Waals surface area (Å²) in [6.07, 6.45) is 0.977. The molecule has 106 valence electrons. The highest BCUT2D eigenvalue weighted by Gasteiger charge is 2.27. The van der Waals surface area contributed by atoms with Gasteiger partial charge in [-0.15, -0.1) is 12.4 Å². The second kappa shape index (κ2) is 7.22. The predicted molar refractivity (Wildman–Crippen MR) is 79.3 cm³/mol. The zero-order valence-corrected chi connectivity index (χ0v) is 13.1. The molecule has 1 N–H and O–H groups in total.